The van der Waals surface area contributed by atoms with Crippen LogP contribution in [0.3, 0.4) is 0 Å². The first-order valence-electron chi connectivity index (χ1n) is 3.67. The maximum absolute atomic E-state index is 10.9. The zero-order valence-corrected chi connectivity index (χ0v) is 9.29. The molecule has 0 heterocycles. The Labute approximate surface area is 91.4 Å². The topological polar surface area (TPSA) is 161 Å². The molecule has 8 nitrogen and oxygen atoms in total. The van der Waals surface area contributed by atoms with E-state index in [9.17, 15) is 16.8 Å². The van der Waals surface area contributed by atoms with Gasteiger partial charge < -0.3 is 11.5 Å². The molecule has 6 N–H and O–H groups in total. The van der Waals surface area contributed by atoms with Gasteiger partial charge in [-0.25, -0.2) is 0 Å². The van der Waals surface area contributed by atoms with E-state index in [0.717, 1.165) is 6.07 Å². The summed E-state index contributed by atoms with van der Waals surface area (Å²) in [5.74, 6) is 0. The number of anilines is 2. The van der Waals surface area contributed by atoms with Crippen LogP contribution in [0.2, 0.25) is 0 Å². The first kappa shape index (κ1) is 12.7. The number of hydrogen-bond donors (Lipinski definition) is 4. The third-order valence-electron chi connectivity index (χ3n) is 1.64. The van der Waals surface area contributed by atoms with E-state index in [2.05, 4.69) is 0 Å². The Morgan fingerprint density at radius 1 is 0.938 bits per heavy atom. The van der Waals surface area contributed by atoms with Crippen LogP contribution in [0.4, 0.5) is 11.4 Å². The van der Waals surface area contributed by atoms with E-state index < -0.39 is 35.7 Å². The summed E-state index contributed by atoms with van der Waals surface area (Å²) in [6.07, 6.45) is 0. The molecule has 1 rings (SSSR count). The predicted octanol–water partition coefficient (Wildman–Crippen LogP) is -0.656. The summed E-state index contributed by atoms with van der Waals surface area (Å²) in [4.78, 5) is -2.16. The molecule has 0 saturated heterocycles. The molecule has 10 heteroatoms. The second-order valence-electron chi connectivity index (χ2n) is 2.89. The number of nitrogen functional groups attached to an aromatic ring is 2. The monoisotopic (exact) mass is 268 g/mol. The SMILES string of the molecule is Nc1cc(N)c(S(=O)(=O)O)c(S(=O)(=O)O)c1. The minimum absolute atomic E-state index is 0.169. The van der Waals surface area contributed by atoms with Gasteiger partial charge in [-0.15, -0.1) is 0 Å². The van der Waals surface area contributed by atoms with Gasteiger partial charge in [-0.2, -0.15) is 16.8 Å². The molecule has 1 aromatic carbocycles. The van der Waals surface area contributed by atoms with Crippen molar-refractivity contribution in [3.05, 3.63) is 12.1 Å². The van der Waals surface area contributed by atoms with E-state index >= 15 is 0 Å². The molecule has 1 aromatic rings. The van der Waals surface area contributed by atoms with Gasteiger partial charge in [-0.3, -0.25) is 9.11 Å². The molecule has 16 heavy (non-hydrogen) atoms. The van der Waals surface area contributed by atoms with Crippen molar-refractivity contribution in [2.24, 2.45) is 0 Å². The van der Waals surface area contributed by atoms with Crippen molar-refractivity contribution in [2.75, 3.05) is 11.5 Å². The highest BCUT2D eigenvalue weighted by atomic mass is 32.2. The molecule has 0 aliphatic heterocycles. The minimum atomic E-state index is -4.88. The largest absolute Gasteiger partial charge is 0.399 e. The summed E-state index contributed by atoms with van der Waals surface area (Å²) in [5, 5.41) is 0. The van der Waals surface area contributed by atoms with Crippen LogP contribution in [0.5, 0.6) is 0 Å². The Bertz CT molecular complexity index is 633. The number of hydrogen-bond acceptors (Lipinski definition) is 6. The lowest BCUT2D eigenvalue weighted by Gasteiger charge is -2.08. The van der Waals surface area contributed by atoms with Crippen LogP contribution in [0.1, 0.15) is 0 Å². The van der Waals surface area contributed by atoms with Crippen LogP contribution < -0.4 is 11.5 Å². The third kappa shape index (κ3) is 2.41. The van der Waals surface area contributed by atoms with Crippen LogP contribution in [0, 0.1) is 0 Å². The molecule has 0 bridgehead atoms. The average Bonchev–Trinajstić information content (AvgIpc) is 1.97. The van der Waals surface area contributed by atoms with Gasteiger partial charge in [-0.1, -0.05) is 0 Å². The van der Waals surface area contributed by atoms with Crippen molar-refractivity contribution in [2.45, 2.75) is 9.79 Å². The van der Waals surface area contributed by atoms with Crippen molar-refractivity contribution < 1.29 is 25.9 Å². The molecule has 0 spiro atoms. The summed E-state index contributed by atoms with van der Waals surface area (Å²) in [7, 11) is -9.74. The summed E-state index contributed by atoms with van der Waals surface area (Å²) in [5.41, 5.74) is 9.70. The standard InChI is InChI=1S/C6H8N2O6S2/c7-3-1-4(8)6(16(12,13)14)5(2-3)15(9,10)11/h1-2H,7-8H2,(H,9,10,11)(H,12,13,14). The van der Waals surface area contributed by atoms with Crippen molar-refractivity contribution >= 4 is 31.6 Å². The van der Waals surface area contributed by atoms with Crippen LogP contribution in [-0.4, -0.2) is 25.9 Å². The molecular formula is C6H8N2O6S2. The highest BCUT2D eigenvalue weighted by molar-refractivity contribution is 7.89. The van der Waals surface area contributed by atoms with E-state index in [-0.39, 0.29) is 5.69 Å². The zero-order valence-electron chi connectivity index (χ0n) is 7.65. The van der Waals surface area contributed by atoms with Gasteiger partial charge in [0.25, 0.3) is 20.2 Å². The fourth-order valence-electron chi connectivity index (χ4n) is 1.11. The van der Waals surface area contributed by atoms with Gasteiger partial charge in [0.2, 0.25) is 0 Å². The summed E-state index contributed by atoms with van der Waals surface area (Å²) in [6.45, 7) is 0. The molecule has 0 radical (unpaired) electrons. The summed E-state index contributed by atoms with van der Waals surface area (Å²) >= 11 is 0. The molecule has 0 amide bonds. The Kier molecular flexibility index (Phi) is 2.85. The average molecular weight is 268 g/mol. The Hall–Kier alpha value is -1.36. The molecule has 0 aliphatic rings. The Morgan fingerprint density at radius 2 is 1.44 bits per heavy atom. The molecule has 90 valence electrons. The summed E-state index contributed by atoms with van der Waals surface area (Å²) in [6, 6.07) is 1.62. The maximum atomic E-state index is 10.9. The lowest BCUT2D eigenvalue weighted by atomic mass is 10.3. The molecule has 0 saturated carbocycles. The second kappa shape index (κ2) is 3.59. The Morgan fingerprint density at radius 3 is 1.81 bits per heavy atom. The van der Waals surface area contributed by atoms with E-state index in [1.807, 2.05) is 0 Å². The van der Waals surface area contributed by atoms with E-state index in [4.69, 9.17) is 20.6 Å². The van der Waals surface area contributed by atoms with Crippen molar-refractivity contribution in [3.8, 4) is 0 Å². The van der Waals surface area contributed by atoms with Gasteiger partial charge in [0.1, 0.15) is 9.79 Å². The fraction of sp³-hybridized carbons (Fsp3) is 0. The zero-order chi connectivity index (χ0) is 12.7. The van der Waals surface area contributed by atoms with Gasteiger partial charge in [0.15, 0.2) is 0 Å². The second-order valence-corrected chi connectivity index (χ2v) is 5.64. The number of nitrogens with two attached hydrogens (primary N) is 2. The maximum Gasteiger partial charge on any atom is 0.297 e. The molecular weight excluding hydrogens is 260 g/mol. The van der Waals surface area contributed by atoms with E-state index in [1.54, 1.807) is 0 Å². The van der Waals surface area contributed by atoms with Gasteiger partial charge in [-0.05, 0) is 12.1 Å². The molecule has 0 aromatic heterocycles. The predicted molar refractivity (Wildman–Crippen MR) is 54.9 cm³/mol. The highest BCUT2D eigenvalue weighted by Gasteiger charge is 2.27. The van der Waals surface area contributed by atoms with Gasteiger partial charge >= 0.3 is 0 Å². The lowest BCUT2D eigenvalue weighted by molar-refractivity contribution is 0.467. The van der Waals surface area contributed by atoms with Crippen LogP contribution in [0.15, 0.2) is 21.9 Å². The van der Waals surface area contributed by atoms with Crippen LogP contribution >= 0.6 is 0 Å². The quantitative estimate of drug-likeness (QED) is 0.406. The third-order valence-corrected chi connectivity index (χ3v) is 3.62. The molecule has 0 atom stereocenters. The molecule has 0 aliphatic carbocycles. The van der Waals surface area contributed by atoms with Crippen LogP contribution in [0.25, 0.3) is 0 Å². The number of rotatable bonds is 2. The molecule has 0 fully saturated rings. The van der Waals surface area contributed by atoms with E-state index in [1.165, 1.54) is 0 Å². The smallest absolute Gasteiger partial charge is 0.297 e. The van der Waals surface area contributed by atoms with E-state index in [0.29, 0.717) is 6.07 Å². The first-order chi connectivity index (χ1) is 7.03. The van der Waals surface area contributed by atoms with Gasteiger partial charge in [0, 0.05) is 5.69 Å². The van der Waals surface area contributed by atoms with Crippen LogP contribution in [-0.2, 0) is 20.2 Å². The van der Waals surface area contributed by atoms with Gasteiger partial charge in [0.05, 0.1) is 5.69 Å². The summed E-state index contributed by atoms with van der Waals surface area (Å²) < 4.78 is 61.1. The Balaban J connectivity index is 3.87. The normalized spacial score (nSPS) is 12.6. The minimum Gasteiger partial charge on any atom is -0.399 e. The first-order valence-corrected chi connectivity index (χ1v) is 6.55. The number of benzene rings is 1. The highest BCUT2D eigenvalue weighted by Crippen LogP contribution is 2.29. The van der Waals surface area contributed by atoms with Crippen molar-refractivity contribution in [3.63, 3.8) is 0 Å². The fourth-order valence-corrected chi connectivity index (χ4v) is 3.05. The molecule has 0 unspecified atom stereocenters. The van der Waals surface area contributed by atoms with Crippen molar-refractivity contribution in [1.29, 1.82) is 0 Å². The van der Waals surface area contributed by atoms with Crippen molar-refractivity contribution in [1.82, 2.24) is 0 Å². The lowest BCUT2D eigenvalue weighted by Crippen LogP contribution is -2.12.